The van der Waals surface area contributed by atoms with Crippen molar-refractivity contribution >= 4 is 0 Å². The molecule has 2 aliphatic rings. The van der Waals surface area contributed by atoms with Crippen LogP contribution in [0.5, 0.6) is 0 Å². The number of ether oxygens (including phenoxy) is 4. The molecule has 88 valence electrons. The molecule has 0 amide bonds. The SMILES string of the molecule is CNC[C@H]1O[C@H](OC)[C@@H]2OC(C)(C)O[C@H]21. The van der Waals surface area contributed by atoms with Crippen LogP contribution in [-0.4, -0.2) is 51.1 Å². The van der Waals surface area contributed by atoms with Crippen molar-refractivity contribution in [2.75, 3.05) is 20.7 Å². The Kier molecular flexibility index (Phi) is 3.00. The fourth-order valence-electron chi connectivity index (χ4n) is 2.20. The first-order valence-corrected chi connectivity index (χ1v) is 5.26. The van der Waals surface area contributed by atoms with Crippen molar-refractivity contribution in [3.05, 3.63) is 0 Å². The number of hydrogen-bond donors (Lipinski definition) is 1. The lowest BCUT2D eigenvalue weighted by Gasteiger charge is -2.23. The van der Waals surface area contributed by atoms with Crippen molar-refractivity contribution in [2.45, 2.75) is 44.2 Å². The van der Waals surface area contributed by atoms with E-state index in [4.69, 9.17) is 18.9 Å². The van der Waals surface area contributed by atoms with Gasteiger partial charge in [0.05, 0.1) is 0 Å². The highest BCUT2D eigenvalue weighted by atomic mass is 16.8. The molecule has 0 bridgehead atoms. The monoisotopic (exact) mass is 217 g/mol. The minimum atomic E-state index is -0.540. The van der Waals surface area contributed by atoms with E-state index >= 15 is 0 Å². The van der Waals surface area contributed by atoms with Crippen LogP contribution in [0, 0.1) is 0 Å². The topological polar surface area (TPSA) is 49.0 Å². The third kappa shape index (κ3) is 2.03. The van der Waals surface area contributed by atoms with Crippen LogP contribution in [0.3, 0.4) is 0 Å². The highest BCUT2D eigenvalue weighted by Gasteiger charge is 2.55. The number of rotatable bonds is 3. The van der Waals surface area contributed by atoms with Crippen LogP contribution in [0.4, 0.5) is 0 Å². The van der Waals surface area contributed by atoms with E-state index in [0.29, 0.717) is 0 Å². The zero-order valence-electron chi connectivity index (χ0n) is 9.65. The highest BCUT2D eigenvalue weighted by Crippen LogP contribution is 2.38. The van der Waals surface area contributed by atoms with E-state index < -0.39 is 5.79 Å². The molecule has 2 heterocycles. The van der Waals surface area contributed by atoms with Crippen LogP contribution in [-0.2, 0) is 18.9 Å². The average molecular weight is 217 g/mol. The number of hydrogen-bond acceptors (Lipinski definition) is 5. The Labute approximate surface area is 90.0 Å². The van der Waals surface area contributed by atoms with Gasteiger partial charge in [0.1, 0.15) is 18.3 Å². The largest absolute Gasteiger partial charge is 0.353 e. The van der Waals surface area contributed by atoms with Crippen molar-refractivity contribution in [2.24, 2.45) is 0 Å². The van der Waals surface area contributed by atoms with Gasteiger partial charge in [0, 0.05) is 13.7 Å². The zero-order valence-corrected chi connectivity index (χ0v) is 9.65. The number of nitrogens with one attached hydrogen (secondary N) is 1. The normalized spacial score (nSPS) is 43.2. The van der Waals surface area contributed by atoms with Gasteiger partial charge in [-0.3, -0.25) is 0 Å². The fraction of sp³-hybridized carbons (Fsp3) is 1.00. The molecule has 2 rings (SSSR count). The van der Waals surface area contributed by atoms with Gasteiger partial charge in [-0.1, -0.05) is 0 Å². The minimum absolute atomic E-state index is 0.00766. The summed E-state index contributed by atoms with van der Waals surface area (Å²) in [6.45, 7) is 4.56. The number of fused-ring (bicyclic) bond motifs is 1. The molecule has 1 N–H and O–H groups in total. The van der Waals surface area contributed by atoms with Gasteiger partial charge in [0.2, 0.25) is 0 Å². The van der Waals surface area contributed by atoms with Crippen LogP contribution in [0.25, 0.3) is 0 Å². The van der Waals surface area contributed by atoms with E-state index in [0.717, 1.165) is 6.54 Å². The first-order valence-electron chi connectivity index (χ1n) is 5.26. The molecule has 2 saturated heterocycles. The smallest absolute Gasteiger partial charge is 0.186 e. The van der Waals surface area contributed by atoms with Gasteiger partial charge in [0.15, 0.2) is 12.1 Å². The maximum atomic E-state index is 5.80. The summed E-state index contributed by atoms with van der Waals surface area (Å²) < 4.78 is 22.5. The summed E-state index contributed by atoms with van der Waals surface area (Å²) in [6, 6.07) is 0. The van der Waals surface area contributed by atoms with Gasteiger partial charge >= 0.3 is 0 Å². The van der Waals surface area contributed by atoms with Gasteiger partial charge in [0.25, 0.3) is 0 Å². The molecule has 4 atom stereocenters. The Morgan fingerprint density at radius 1 is 1.27 bits per heavy atom. The number of methoxy groups -OCH3 is 1. The van der Waals surface area contributed by atoms with Crippen LogP contribution in [0.15, 0.2) is 0 Å². The minimum Gasteiger partial charge on any atom is -0.353 e. The molecule has 0 saturated carbocycles. The van der Waals surface area contributed by atoms with Crippen molar-refractivity contribution < 1.29 is 18.9 Å². The fourth-order valence-corrected chi connectivity index (χ4v) is 2.20. The summed E-state index contributed by atoms with van der Waals surface area (Å²) in [5.41, 5.74) is 0. The Hall–Kier alpha value is -0.200. The van der Waals surface area contributed by atoms with E-state index in [1.165, 1.54) is 0 Å². The summed E-state index contributed by atoms with van der Waals surface area (Å²) in [5.74, 6) is -0.540. The van der Waals surface area contributed by atoms with Crippen LogP contribution in [0.2, 0.25) is 0 Å². The summed E-state index contributed by atoms with van der Waals surface area (Å²) in [4.78, 5) is 0. The van der Waals surface area contributed by atoms with Crippen molar-refractivity contribution in [1.29, 1.82) is 0 Å². The Morgan fingerprint density at radius 2 is 1.93 bits per heavy atom. The molecular weight excluding hydrogens is 198 g/mol. The lowest BCUT2D eigenvalue weighted by Crippen LogP contribution is -2.36. The number of likely N-dealkylation sites (N-methyl/N-ethyl adjacent to an activating group) is 1. The van der Waals surface area contributed by atoms with E-state index in [1.54, 1.807) is 7.11 Å². The zero-order chi connectivity index (χ0) is 11.1. The molecular formula is C10H19NO4. The van der Waals surface area contributed by atoms with Crippen molar-refractivity contribution in [3.63, 3.8) is 0 Å². The summed E-state index contributed by atoms with van der Waals surface area (Å²) in [7, 11) is 3.51. The maximum Gasteiger partial charge on any atom is 0.186 e. The van der Waals surface area contributed by atoms with E-state index in [-0.39, 0.29) is 24.6 Å². The molecule has 2 aliphatic heterocycles. The molecule has 0 spiro atoms. The van der Waals surface area contributed by atoms with E-state index in [1.807, 2.05) is 20.9 Å². The molecule has 0 aromatic carbocycles. The van der Waals surface area contributed by atoms with E-state index in [2.05, 4.69) is 5.32 Å². The van der Waals surface area contributed by atoms with Crippen LogP contribution < -0.4 is 5.32 Å². The highest BCUT2D eigenvalue weighted by molar-refractivity contribution is 4.95. The first kappa shape index (κ1) is 11.3. The third-order valence-electron chi connectivity index (χ3n) is 2.74. The maximum absolute atomic E-state index is 5.80. The predicted molar refractivity (Wildman–Crippen MR) is 53.4 cm³/mol. The first-order chi connectivity index (χ1) is 7.07. The molecule has 5 heteroatoms. The molecule has 15 heavy (non-hydrogen) atoms. The molecule has 0 radical (unpaired) electrons. The van der Waals surface area contributed by atoms with Crippen molar-refractivity contribution in [1.82, 2.24) is 5.32 Å². The molecule has 0 aromatic heterocycles. The van der Waals surface area contributed by atoms with Gasteiger partial charge < -0.3 is 24.3 Å². The second kappa shape index (κ2) is 3.99. The Morgan fingerprint density at radius 3 is 2.53 bits per heavy atom. The third-order valence-corrected chi connectivity index (χ3v) is 2.74. The summed E-state index contributed by atoms with van der Waals surface area (Å²) in [6.07, 6.45) is -0.498. The molecule has 0 aromatic rings. The van der Waals surface area contributed by atoms with Crippen LogP contribution >= 0.6 is 0 Å². The predicted octanol–water partition coefficient (Wildman–Crippen LogP) is 0.0972. The molecule has 0 aliphatic carbocycles. The van der Waals surface area contributed by atoms with Gasteiger partial charge in [-0.05, 0) is 20.9 Å². The molecule has 5 nitrogen and oxygen atoms in total. The quantitative estimate of drug-likeness (QED) is 0.726. The van der Waals surface area contributed by atoms with Crippen molar-refractivity contribution in [3.8, 4) is 0 Å². The van der Waals surface area contributed by atoms with Crippen LogP contribution in [0.1, 0.15) is 13.8 Å². The Balaban J connectivity index is 2.08. The molecule has 2 fully saturated rings. The summed E-state index contributed by atoms with van der Waals surface area (Å²) >= 11 is 0. The van der Waals surface area contributed by atoms with Gasteiger partial charge in [-0.2, -0.15) is 0 Å². The van der Waals surface area contributed by atoms with E-state index in [9.17, 15) is 0 Å². The lowest BCUT2D eigenvalue weighted by atomic mass is 10.1. The van der Waals surface area contributed by atoms with Gasteiger partial charge in [-0.15, -0.1) is 0 Å². The second-order valence-electron chi connectivity index (χ2n) is 4.40. The second-order valence-corrected chi connectivity index (χ2v) is 4.40. The lowest BCUT2D eigenvalue weighted by molar-refractivity contribution is -0.226. The van der Waals surface area contributed by atoms with Gasteiger partial charge in [-0.25, -0.2) is 0 Å². The molecule has 0 unspecified atom stereocenters. The Bertz CT molecular complexity index is 233. The standard InChI is InChI=1S/C10H19NO4/c1-10(2)14-7-6(5-11-3)13-9(12-4)8(7)15-10/h6-9,11H,5H2,1-4H3/t6-,7+,8-,9+/m1/s1. The summed E-state index contributed by atoms with van der Waals surface area (Å²) in [5, 5.41) is 3.08. The average Bonchev–Trinajstić information content (AvgIpc) is 2.61.